The van der Waals surface area contributed by atoms with Crippen molar-refractivity contribution in [3.8, 4) is 11.5 Å². The predicted octanol–water partition coefficient (Wildman–Crippen LogP) is 0.306. The maximum Gasteiger partial charge on any atom is 0.340 e. The Hall–Kier alpha value is -3.03. The standard InChI is InChI=1S/C18H21NO7/c1-5-12(17(21)22)19-16(20)7-11-9(2)10-6-14(24-3)15(25-4)8-13(10)26-18(11)23/h6,8,12H,5,7H2,1-4H3,(H,19,20)(H,21,22)/p-1/t12-/m0/s1. The lowest BCUT2D eigenvalue weighted by molar-refractivity contribution is -0.308. The van der Waals surface area contributed by atoms with Crippen molar-refractivity contribution in [1.29, 1.82) is 0 Å². The van der Waals surface area contributed by atoms with Crippen molar-refractivity contribution in [1.82, 2.24) is 5.32 Å². The van der Waals surface area contributed by atoms with Crippen molar-refractivity contribution in [2.75, 3.05) is 14.2 Å². The van der Waals surface area contributed by atoms with Gasteiger partial charge in [0, 0.05) is 11.5 Å². The van der Waals surface area contributed by atoms with Crippen LogP contribution in [0.1, 0.15) is 24.5 Å². The van der Waals surface area contributed by atoms with E-state index in [0.717, 1.165) is 0 Å². The summed E-state index contributed by atoms with van der Waals surface area (Å²) in [6, 6.07) is 2.08. The first-order chi connectivity index (χ1) is 12.3. The van der Waals surface area contributed by atoms with Gasteiger partial charge in [-0.3, -0.25) is 4.79 Å². The molecule has 1 amide bonds. The van der Waals surface area contributed by atoms with Crippen LogP contribution in [-0.2, 0) is 16.0 Å². The number of hydrogen-bond acceptors (Lipinski definition) is 7. The number of carbonyl (C=O) groups is 2. The molecule has 0 unspecified atom stereocenters. The van der Waals surface area contributed by atoms with Gasteiger partial charge in [-0.05, 0) is 25.0 Å². The molecule has 0 bridgehead atoms. The second-order valence-corrected chi connectivity index (χ2v) is 5.72. The number of fused-ring (bicyclic) bond motifs is 1. The first kappa shape index (κ1) is 19.3. The molecule has 8 heteroatoms. The van der Waals surface area contributed by atoms with Gasteiger partial charge in [-0.25, -0.2) is 4.79 Å². The van der Waals surface area contributed by atoms with E-state index >= 15 is 0 Å². The fourth-order valence-corrected chi connectivity index (χ4v) is 2.65. The summed E-state index contributed by atoms with van der Waals surface area (Å²) < 4.78 is 15.7. The molecule has 2 aromatic rings. The fourth-order valence-electron chi connectivity index (χ4n) is 2.65. The van der Waals surface area contributed by atoms with Crippen molar-refractivity contribution in [2.24, 2.45) is 0 Å². The highest BCUT2D eigenvalue weighted by atomic mass is 16.5. The summed E-state index contributed by atoms with van der Waals surface area (Å²) in [5.41, 5.74) is 0.332. The van der Waals surface area contributed by atoms with E-state index in [-0.39, 0.29) is 18.4 Å². The minimum Gasteiger partial charge on any atom is -0.548 e. The van der Waals surface area contributed by atoms with E-state index in [9.17, 15) is 19.5 Å². The minimum absolute atomic E-state index is 0.149. The van der Waals surface area contributed by atoms with Gasteiger partial charge in [-0.15, -0.1) is 0 Å². The first-order valence-electron chi connectivity index (χ1n) is 8.00. The molecule has 1 heterocycles. The summed E-state index contributed by atoms with van der Waals surface area (Å²) in [4.78, 5) is 35.3. The third kappa shape index (κ3) is 3.79. The van der Waals surface area contributed by atoms with Crippen LogP contribution in [0.15, 0.2) is 21.3 Å². The lowest BCUT2D eigenvalue weighted by atomic mass is 10.0. The highest BCUT2D eigenvalue weighted by Gasteiger charge is 2.19. The number of nitrogens with one attached hydrogen (secondary N) is 1. The average Bonchev–Trinajstić information content (AvgIpc) is 2.61. The quantitative estimate of drug-likeness (QED) is 0.704. The molecule has 8 nitrogen and oxygen atoms in total. The molecule has 0 aliphatic rings. The molecule has 0 aliphatic heterocycles. The largest absolute Gasteiger partial charge is 0.548 e. The van der Waals surface area contributed by atoms with E-state index in [1.165, 1.54) is 20.3 Å². The fraction of sp³-hybridized carbons (Fsp3) is 0.389. The van der Waals surface area contributed by atoms with E-state index in [1.54, 1.807) is 19.9 Å². The monoisotopic (exact) mass is 362 g/mol. The Morgan fingerprint density at radius 1 is 1.23 bits per heavy atom. The van der Waals surface area contributed by atoms with E-state index in [0.29, 0.717) is 28.0 Å². The number of methoxy groups -OCH3 is 2. The first-order valence-corrected chi connectivity index (χ1v) is 8.00. The van der Waals surface area contributed by atoms with Crippen LogP contribution in [0, 0.1) is 6.92 Å². The number of carboxylic acid groups (broad SMARTS) is 1. The Morgan fingerprint density at radius 2 is 1.85 bits per heavy atom. The van der Waals surface area contributed by atoms with Gasteiger partial charge in [0.2, 0.25) is 5.91 Å². The number of benzene rings is 1. The average molecular weight is 362 g/mol. The number of carbonyl (C=O) groups excluding carboxylic acids is 2. The number of ether oxygens (including phenoxy) is 2. The Labute approximate surface area is 149 Å². The molecule has 1 aromatic carbocycles. The Balaban J connectivity index is 2.43. The second kappa shape index (κ2) is 7.90. The van der Waals surface area contributed by atoms with E-state index < -0.39 is 23.5 Å². The van der Waals surface area contributed by atoms with Crippen LogP contribution in [-0.4, -0.2) is 32.1 Å². The Morgan fingerprint density at radius 3 is 2.38 bits per heavy atom. The lowest BCUT2D eigenvalue weighted by Gasteiger charge is -2.18. The third-order valence-electron chi connectivity index (χ3n) is 4.16. The van der Waals surface area contributed by atoms with Crippen molar-refractivity contribution >= 4 is 22.8 Å². The number of aliphatic carboxylic acids is 1. The van der Waals surface area contributed by atoms with Gasteiger partial charge >= 0.3 is 5.63 Å². The zero-order valence-electron chi connectivity index (χ0n) is 15.0. The molecule has 0 fully saturated rings. The maximum atomic E-state index is 12.3. The van der Waals surface area contributed by atoms with Gasteiger partial charge in [0.05, 0.1) is 38.2 Å². The summed E-state index contributed by atoms with van der Waals surface area (Å²) >= 11 is 0. The second-order valence-electron chi connectivity index (χ2n) is 5.72. The van der Waals surface area contributed by atoms with Crippen LogP contribution < -0.4 is 25.5 Å². The van der Waals surface area contributed by atoms with Crippen molar-refractivity contribution in [2.45, 2.75) is 32.7 Å². The van der Waals surface area contributed by atoms with E-state index in [1.807, 2.05) is 0 Å². The third-order valence-corrected chi connectivity index (χ3v) is 4.16. The van der Waals surface area contributed by atoms with Gasteiger partial charge in [-0.2, -0.15) is 0 Å². The normalized spacial score (nSPS) is 11.8. The van der Waals surface area contributed by atoms with Crippen LogP contribution in [0.2, 0.25) is 0 Å². The summed E-state index contributed by atoms with van der Waals surface area (Å²) in [6.07, 6.45) is -0.126. The van der Waals surface area contributed by atoms with Gasteiger partial charge in [0.25, 0.3) is 0 Å². The zero-order valence-corrected chi connectivity index (χ0v) is 15.0. The summed E-state index contributed by atoms with van der Waals surface area (Å²) in [7, 11) is 2.95. The number of carboxylic acids is 1. The van der Waals surface area contributed by atoms with Crippen molar-refractivity contribution < 1.29 is 28.6 Å². The van der Waals surface area contributed by atoms with Gasteiger partial charge in [0.15, 0.2) is 11.5 Å². The Kier molecular flexibility index (Phi) is 5.86. The van der Waals surface area contributed by atoms with Crippen LogP contribution in [0.25, 0.3) is 11.0 Å². The minimum atomic E-state index is -1.38. The number of amides is 1. The zero-order chi connectivity index (χ0) is 19.4. The highest BCUT2D eigenvalue weighted by Crippen LogP contribution is 2.33. The molecule has 1 aromatic heterocycles. The molecule has 1 N–H and O–H groups in total. The molecule has 0 saturated carbocycles. The lowest BCUT2D eigenvalue weighted by Crippen LogP contribution is -2.48. The van der Waals surface area contributed by atoms with Gasteiger partial charge < -0.3 is 29.1 Å². The molecular weight excluding hydrogens is 342 g/mol. The number of hydrogen-bond donors (Lipinski definition) is 1. The summed E-state index contributed by atoms with van der Waals surface area (Å²) in [5, 5.41) is 13.9. The van der Waals surface area contributed by atoms with Crippen LogP contribution in [0.4, 0.5) is 0 Å². The molecular formula is C18H20NO7-. The summed E-state index contributed by atoms with van der Waals surface area (Å²) in [6.45, 7) is 3.29. The SMILES string of the molecule is CC[C@H](NC(=O)Cc1c(C)c2cc(OC)c(OC)cc2oc1=O)C(=O)[O-]. The number of rotatable bonds is 7. The molecule has 1 atom stereocenters. The van der Waals surface area contributed by atoms with Crippen LogP contribution >= 0.6 is 0 Å². The smallest absolute Gasteiger partial charge is 0.340 e. The van der Waals surface area contributed by atoms with E-state index in [2.05, 4.69) is 5.32 Å². The van der Waals surface area contributed by atoms with E-state index in [4.69, 9.17) is 13.9 Å². The van der Waals surface area contributed by atoms with Crippen LogP contribution in [0.3, 0.4) is 0 Å². The summed E-state index contributed by atoms with van der Waals surface area (Å²) in [5.74, 6) is -1.11. The molecule has 140 valence electrons. The van der Waals surface area contributed by atoms with Gasteiger partial charge in [-0.1, -0.05) is 6.92 Å². The topological polar surface area (TPSA) is 118 Å². The number of aryl methyl sites for hydroxylation is 1. The Bertz CT molecular complexity index is 901. The van der Waals surface area contributed by atoms with Crippen molar-refractivity contribution in [3.05, 3.63) is 33.7 Å². The highest BCUT2D eigenvalue weighted by molar-refractivity contribution is 5.88. The maximum absolute atomic E-state index is 12.3. The van der Waals surface area contributed by atoms with Crippen LogP contribution in [0.5, 0.6) is 11.5 Å². The predicted molar refractivity (Wildman–Crippen MR) is 91.3 cm³/mol. The van der Waals surface area contributed by atoms with Crippen molar-refractivity contribution in [3.63, 3.8) is 0 Å². The van der Waals surface area contributed by atoms with Gasteiger partial charge in [0.1, 0.15) is 5.58 Å². The molecule has 26 heavy (non-hydrogen) atoms. The molecule has 0 spiro atoms. The molecule has 0 saturated heterocycles. The molecule has 0 radical (unpaired) electrons. The molecule has 2 rings (SSSR count). The molecule has 0 aliphatic carbocycles.